The number of nitrogens with two attached hydrogens (primary N) is 1. The van der Waals surface area contributed by atoms with Crippen LogP contribution >= 0.6 is 11.6 Å². The largest absolute Gasteiger partial charge is 0.384 e. The third kappa shape index (κ3) is 1.80. The second kappa shape index (κ2) is 4.30. The SMILES string of the molecule is N#CC1=C(N)Nc2ncnn2[C@@H]1c1ccc(Cl)cc1. The van der Waals surface area contributed by atoms with Gasteiger partial charge in [0.1, 0.15) is 24.3 Å². The maximum Gasteiger partial charge on any atom is 0.227 e. The predicted octanol–water partition coefficient (Wildman–Crippen LogP) is 1.64. The predicted molar refractivity (Wildman–Crippen MR) is 70.1 cm³/mol. The molecule has 0 bridgehead atoms. The number of nitriles is 1. The van der Waals surface area contributed by atoms with Crippen LogP contribution < -0.4 is 11.1 Å². The van der Waals surface area contributed by atoms with Crippen molar-refractivity contribution in [1.82, 2.24) is 14.8 Å². The van der Waals surface area contributed by atoms with Crippen molar-refractivity contribution in [3.63, 3.8) is 0 Å². The molecule has 1 aromatic heterocycles. The summed E-state index contributed by atoms with van der Waals surface area (Å²) in [5, 5.41) is 16.9. The normalized spacial score (nSPS) is 17.6. The minimum Gasteiger partial charge on any atom is -0.384 e. The Kier molecular flexibility index (Phi) is 2.62. The highest BCUT2D eigenvalue weighted by atomic mass is 35.5. The van der Waals surface area contributed by atoms with Crippen LogP contribution in [0.2, 0.25) is 5.02 Å². The van der Waals surface area contributed by atoms with Gasteiger partial charge in [0.25, 0.3) is 0 Å². The fourth-order valence-corrected chi connectivity index (χ4v) is 2.19. The molecule has 0 amide bonds. The first-order chi connectivity index (χ1) is 9.20. The maximum atomic E-state index is 9.30. The van der Waals surface area contributed by atoms with Crippen molar-refractivity contribution in [2.75, 3.05) is 5.32 Å². The Balaban J connectivity index is 2.18. The van der Waals surface area contributed by atoms with E-state index in [9.17, 15) is 5.26 Å². The minimum absolute atomic E-state index is 0.294. The minimum atomic E-state index is -0.388. The van der Waals surface area contributed by atoms with Gasteiger partial charge in [0.2, 0.25) is 5.95 Å². The van der Waals surface area contributed by atoms with Crippen LogP contribution in [0.5, 0.6) is 0 Å². The lowest BCUT2D eigenvalue weighted by molar-refractivity contribution is 0.585. The van der Waals surface area contributed by atoms with Gasteiger partial charge in [-0.2, -0.15) is 15.3 Å². The average molecular weight is 273 g/mol. The lowest BCUT2D eigenvalue weighted by Gasteiger charge is -2.25. The van der Waals surface area contributed by atoms with Crippen molar-refractivity contribution in [1.29, 1.82) is 5.26 Å². The molecular weight excluding hydrogens is 264 g/mol. The molecule has 0 radical (unpaired) electrons. The van der Waals surface area contributed by atoms with Crippen molar-refractivity contribution in [3.8, 4) is 6.07 Å². The van der Waals surface area contributed by atoms with Crippen LogP contribution in [0.25, 0.3) is 0 Å². The molecule has 19 heavy (non-hydrogen) atoms. The second-order valence-electron chi connectivity index (χ2n) is 4.05. The number of rotatable bonds is 1. The summed E-state index contributed by atoms with van der Waals surface area (Å²) in [5.41, 5.74) is 7.14. The molecule has 0 saturated heterocycles. The van der Waals surface area contributed by atoms with Gasteiger partial charge in [-0.15, -0.1) is 0 Å². The summed E-state index contributed by atoms with van der Waals surface area (Å²) >= 11 is 5.88. The van der Waals surface area contributed by atoms with Gasteiger partial charge in [0.15, 0.2) is 0 Å². The first kappa shape index (κ1) is 11.6. The standard InChI is InChI=1S/C12H9ClN6/c13-8-3-1-7(2-4-8)10-9(5-14)11(15)18-12-16-6-17-19(10)12/h1-4,6,10H,15H2,(H,16,17,18)/t10-/m1/s1. The Labute approximate surface area is 114 Å². The number of nitrogens with zero attached hydrogens (tertiary/aromatic N) is 4. The molecule has 1 aliphatic heterocycles. The molecule has 2 heterocycles. The average Bonchev–Trinajstić information content (AvgIpc) is 2.86. The molecule has 3 rings (SSSR count). The Morgan fingerprint density at radius 2 is 2.11 bits per heavy atom. The Morgan fingerprint density at radius 3 is 2.79 bits per heavy atom. The molecule has 1 aliphatic rings. The number of anilines is 1. The maximum absolute atomic E-state index is 9.30. The zero-order valence-electron chi connectivity index (χ0n) is 9.71. The molecule has 6 nitrogen and oxygen atoms in total. The van der Waals surface area contributed by atoms with E-state index in [2.05, 4.69) is 21.5 Å². The van der Waals surface area contributed by atoms with E-state index < -0.39 is 0 Å². The van der Waals surface area contributed by atoms with Gasteiger partial charge >= 0.3 is 0 Å². The molecule has 0 unspecified atom stereocenters. The fraction of sp³-hybridized carbons (Fsp3) is 0.0833. The zero-order chi connectivity index (χ0) is 13.4. The van der Waals surface area contributed by atoms with Crippen LogP contribution in [-0.4, -0.2) is 14.8 Å². The zero-order valence-corrected chi connectivity index (χ0v) is 10.5. The molecule has 0 aliphatic carbocycles. The molecule has 1 atom stereocenters. The first-order valence-corrected chi connectivity index (χ1v) is 5.90. The highest BCUT2D eigenvalue weighted by molar-refractivity contribution is 6.30. The van der Waals surface area contributed by atoms with Crippen molar-refractivity contribution in [2.45, 2.75) is 6.04 Å². The van der Waals surface area contributed by atoms with E-state index in [0.29, 0.717) is 22.4 Å². The summed E-state index contributed by atoms with van der Waals surface area (Å²) < 4.78 is 1.62. The van der Waals surface area contributed by atoms with E-state index in [1.165, 1.54) is 6.33 Å². The third-order valence-electron chi connectivity index (χ3n) is 2.93. The summed E-state index contributed by atoms with van der Waals surface area (Å²) in [6.07, 6.45) is 1.42. The van der Waals surface area contributed by atoms with Gasteiger partial charge in [-0.05, 0) is 17.7 Å². The molecule has 2 aromatic rings. The van der Waals surface area contributed by atoms with E-state index in [0.717, 1.165) is 5.56 Å². The number of benzene rings is 1. The summed E-state index contributed by atoms with van der Waals surface area (Å²) in [4.78, 5) is 4.06. The van der Waals surface area contributed by atoms with Crippen molar-refractivity contribution >= 4 is 17.5 Å². The monoisotopic (exact) mass is 272 g/mol. The quantitative estimate of drug-likeness (QED) is 0.823. The molecule has 1 aromatic carbocycles. The Morgan fingerprint density at radius 1 is 1.37 bits per heavy atom. The third-order valence-corrected chi connectivity index (χ3v) is 3.19. The lowest BCUT2D eigenvalue weighted by Crippen LogP contribution is -2.28. The highest BCUT2D eigenvalue weighted by Gasteiger charge is 2.29. The van der Waals surface area contributed by atoms with E-state index >= 15 is 0 Å². The Hall–Kier alpha value is -2.52. The molecule has 0 saturated carbocycles. The molecule has 94 valence electrons. The van der Waals surface area contributed by atoms with Crippen LogP contribution in [0.15, 0.2) is 42.0 Å². The van der Waals surface area contributed by atoms with Crippen molar-refractivity contribution in [2.24, 2.45) is 5.73 Å². The Bertz CT molecular complexity index is 694. The lowest BCUT2D eigenvalue weighted by atomic mass is 9.98. The van der Waals surface area contributed by atoms with Crippen LogP contribution in [0, 0.1) is 11.3 Å². The summed E-state index contributed by atoms with van der Waals surface area (Å²) in [6, 6.07) is 8.94. The number of fused-ring (bicyclic) bond motifs is 1. The molecule has 7 heteroatoms. The van der Waals surface area contributed by atoms with Gasteiger partial charge in [-0.25, -0.2) is 4.68 Å². The summed E-state index contributed by atoms with van der Waals surface area (Å²) in [6.45, 7) is 0. The molecular formula is C12H9ClN6. The summed E-state index contributed by atoms with van der Waals surface area (Å²) in [7, 11) is 0. The van der Waals surface area contributed by atoms with E-state index in [1.807, 2.05) is 12.1 Å². The van der Waals surface area contributed by atoms with Gasteiger partial charge in [-0.3, -0.25) is 0 Å². The molecule has 0 spiro atoms. The van der Waals surface area contributed by atoms with Crippen LogP contribution in [-0.2, 0) is 0 Å². The number of halogens is 1. The van der Waals surface area contributed by atoms with Gasteiger partial charge in [0, 0.05) is 5.02 Å². The number of aromatic nitrogens is 3. The number of hydrogen-bond acceptors (Lipinski definition) is 5. The number of nitrogens with one attached hydrogen (secondary N) is 1. The highest BCUT2D eigenvalue weighted by Crippen LogP contribution is 2.32. The number of hydrogen-bond donors (Lipinski definition) is 2. The van der Waals surface area contributed by atoms with Gasteiger partial charge in [0.05, 0.1) is 5.57 Å². The van der Waals surface area contributed by atoms with Gasteiger partial charge in [-0.1, -0.05) is 23.7 Å². The van der Waals surface area contributed by atoms with Crippen LogP contribution in [0.1, 0.15) is 11.6 Å². The fourth-order valence-electron chi connectivity index (χ4n) is 2.06. The summed E-state index contributed by atoms with van der Waals surface area (Å²) in [5.74, 6) is 0.805. The van der Waals surface area contributed by atoms with E-state index in [-0.39, 0.29) is 6.04 Å². The van der Waals surface area contributed by atoms with E-state index in [1.54, 1.807) is 16.8 Å². The smallest absolute Gasteiger partial charge is 0.227 e. The molecule has 3 N–H and O–H groups in total. The van der Waals surface area contributed by atoms with Gasteiger partial charge < -0.3 is 11.1 Å². The van der Waals surface area contributed by atoms with Crippen molar-refractivity contribution < 1.29 is 0 Å². The topological polar surface area (TPSA) is 92.6 Å². The molecule has 0 fully saturated rings. The van der Waals surface area contributed by atoms with E-state index in [4.69, 9.17) is 17.3 Å². The first-order valence-electron chi connectivity index (χ1n) is 5.52. The van der Waals surface area contributed by atoms with Crippen LogP contribution in [0.3, 0.4) is 0 Å². The van der Waals surface area contributed by atoms with Crippen molar-refractivity contribution in [3.05, 3.63) is 52.6 Å². The second-order valence-corrected chi connectivity index (χ2v) is 4.48. The van der Waals surface area contributed by atoms with Crippen LogP contribution in [0.4, 0.5) is 5.95 Å². The number of allylic oxidation sites excluding steroid dienone is 1.